The second-order valence-electron chi connectivity index (χ2n) is 4.10. The summed E-state index contributed by atoms with van der Waals surface area (Å²) in [5.41, 5.74) is 1.30. The first-order valence-electron chi connectivity index (χ1n) is 5.92. The Morgan fingerprint density at radius 2 is 1.83 bits per heavy atom. The van der Waals surface area contributed by atoms with Gasteiger partial charge in [0, 0.05) is 10.5 Å². The molecule has 0 radical (unpaired) electrons. The first-order valence-corrected chi connectivity index (χ1v) is 7.50. The van der Waals surface area contributed by atoms with Gasteiger partial charge < -0.3 is 9.73 Å². The highest BCUT2D eigenvalue weighted by Crippen LogP contribution is 2.21. The van der Waals surface area contributed by atoms with Gasteiger partial charge in [-0.2, -0.15) is 0 Å². The molecule has 1 unspecified atom stereocenters. The number of hydrogen-bond donors (Lipinski definition) is 1. The Morgan fingerprint density at radius 3 is 2.39 bits per heavy atom. The maximum Gasteiger partial charge on any atom is 0.169 e. The van der Waals surface area contributed by atoms with E-state index in [1.54, 1.807) is 0 Å². The third kappa shape index (κ3) is 3.70. The van der Waals surface area contributed by atoms with E-state index in [-0.39, 0.29) is 0 Å². The predicted molar refractivity (Wildman–Crippen MR) is 80.4 cm³/mol. The van der Waals surface area contributed by atoms with Crippen LogP contribution < -0.4 is 5.32 Å². The molecule has 1 N–H and O–H groups in total. The quantitative estimate of drug-likeness (QED) is 0.794. The number of rotatable bonds is 5. The standard InChI is InChI=1S/C14H15Br2NO/c1-2-13(10-3-5-11(15)6-4-10)17-9-12-7-8-14(16)18-12/h3-8,13,17H,2,9H2,1H3. The van der Waals surface area contributed by atoms with E-state index in [2.05, 4.69) is 68.4 Å². The van der Waals surface area contributed by atoms with Gasteiger partial charge in [0.2, 0.25) is 0 Å². The number of benzene rings is 1. The summed E-state index contributed by atoms with van der Waals surface area (Å²) < 4.78 is 7.36. The molecule has 4 heteroatoms. The fourth-order valence-corrected chi connectivity index (χ4v) is 2.47. The summed E-state index contributed by atoms with van der Waals surface area (Å²) in [4.78, 5) is 0. The molecule has 0 bridgehead atoms. The number of nitrogens with one attached hydrogen (secondary N) is 1. The van der Waals surface area contributed by atoms with Crippen LogP contribution in [0.2, 0.25) is 0 Å². The Bertz CT molecular complexity index is 493. The zero-order valence-corrected chi connectivity index (χ0v) is 13.3. The highest BCUT2D eigenvalue weighted by atomic mass is 79.9. The van der Waals surface area contributed by atoms with E-state index in [1.165, 1.54) is 5.56 Å². The van der Waals surface area contributed by atoms with Crippen LogP contribution in [0.25, 0.3) is 0 Å². The molecule has 2 aromatic rings. The van der Waals surface area contributed by atoms with Crippen molar-refractivity contribution in [3.63, 3.8) is 0 Å². The Balaban J connectivity index is 1.99. The molecule has 1 heterocycles. The number of furan rings is 1. The maximum atomic E-state index is 5.48. The summed E-state index contributed by atoms with van der Waals surface area (Å²) in [6.07, 6.45) is 1.05. The lowest BCUT2D eigenvalue weighted by Gasteiger charge is -2.16. The highest BCUT2D eigenvalue weighted by Gasteiger charge is 2.09. The van der Waals surface area contributed by atoms with Crippen LogP contribution in [0.1, 0.15) is 30.7 Å². The van der Waals surface area contributed by atoms with Crippen LogP contribution in [-0.4, -0.2) is 0 Å². The van der Waals surface area contributed by atoms with Crippen LogP contribution >= 0.6 is 31.9 Å². The van der Waals surface area contributed by atoms with E-state index in [9.17, 15) is 0 Å². The van der Waals surface area contributed by atoms with Crippen molar-refractivity contribution in [3.05, 3.63) is 56.9 Å². The lowest BCUT2D eigenvalue weighted by atomic mass is 10.0. The van der Waals surface area contributed by atoms with Crippen molar-refractivity contribution < 1.29 is 4.42 Å². The van der Waals surface area contributed by atoms with Gasteiger partial charge in [-0.3, -0.25) is 0 Å². The lowest BCUT2D eigenvalue weighted by Crippen LogP contribution is -2.19. The molecule has 0 amide bonds. The molecule has 0 fully saturated rings. The topological polar surface area (TPSA) is 25.2 Å². The highest BCUT2D eigenvalue weighted by molar-refractivity contribution is 9.10. The van der Waals surface area contributed by atoms with Crippen molar-refractivity contribution in [1.29, 1.82) is 0 Å². The minimum atomic E-state index is 0.349. The van der Waals surface area contributed by atoms with Crippen molar-refractivity contribution in [2.24, 2.45) is 0 Å². The van der Waals surface area contributed by atoms with Gasteiger partial charge in [0.25, 0.3) is 0 Å². The van der Waals surface area contributed by atoms with Gasteiger partial charge in [0.15, 0.2) is 4.67 Å². The normalized spacial score (nSPS) is 12.6. The van der Waals surface area contributed by atoms with Crippen LogP contribution in [0.5, 0.6) is 0 Å². The summed E-state index contributed by atoms with van der Waals surface area (Å²) in [6, 6.07) is 12.7. The molecule has 0 aliphatic heterocycles. The molecule has 1 aromatic heterocycles. The van der Waals surface area contributed by atoms with Gasteiger partial charge in [-0.25, -0.2) is 0 Å². The van der Waals surface area contributed by atoms with Crippen molar-refractivity contribution in [2.75, 3.05) is 0 Å². The predicted octanol–water partition coefficient (Wildman–Crippen LogP) is 5.05. The van der Waals surface area contributed by atoms with E-state index in [4.69, 9.17) is 4.42 Å². The van der Waals surface area contributed by atoms with Crippen molar-refractivity contribution in [2.45, 2.75) is 25.9 Å². The fraction of sp³-hybridized carbons (Fsp3) is 0.286. The fourth-order valence-electron chi connectivity index (χ4n) is 1.86. The molecule has 2 nitrogen and oxygen atoms in total. The van der Waals surface area contributed by atoms with Crippen molar-refractivity contribution in [1.82, 2.24) is 5.32 Å². The van der Waals surface area contributed by atoms with Crippen LogP contribution in [-0.2, 0) is 6.54 Å². The molecule has 0 spiro atoms. The van der Waals surface area contributed by atoms with Crippen molar-refractivity contribution in [3.8, 4) is 0 Å². The summed E-state index contributed by atoms with van der Waals surface area (Å²) in [5.74, 6) is 0.942. The van der Waals surface area contributed by atoms with Crippen LogP contribution in [0.15, 0.2) is 50.0 Å². The zero-order chi connectivity index (χ0) is 13.0. The molecule has 2 rings (SSSR count). The maximum absolute atomic E-state index is 5.48. The smallest absolute Gasteiger partial charge is 0.169 e. The van der Waals surface area contributed by atoms with E-state index in [0.717, 1.165) is 27.9 Å². The van der Waals surface area contributed by atoms with Gasteiger partial charge in [-0.05, 0) is 52.2 Å². The largest absolute Gasteiger partial charge is 0.453 e. The molecular formula is C14H15Br2NO. The van der Waals surface area contributed by atoms with Crippen molar-refractivity contribution >= 4 is 31.9 Å². The van der Waals surface area contributed by atoms with Gasteiger partial charge >= 0.3 is 0 Å². The molecule has 1 atom stereocenters. The second kappa shape index (κ2) is 6.55. The molecule has 96 valence electrons. The van der Waals surface area contributed by atoms with Gasteiger partial charge in [-0.15, -0.1) is 0 Å². The summed E-state index contributed by atoms with van der Waals surface area (Å²) in [5, 5.41) is 3.50. The molecule has 0 aliphatic carbocycles. The third-order valence-electron chi connectivity index (χ3n) is 2.83. The van der Waals surface area contributed by atoms with Gasteiger partial charge in [0.05, 0.1) is 6.54 Å². The van der Waals surface area contributed by atoms with Crippen LogP contribution in [0.4, 0.5) is 0 Å². The molecule has 0 saturated heterocycles. The summed E-state index contributed by atoms with van der Waals surface area (Å²) >= 11 is 6.76. The summed E-state index contributed by atoms with van der Waals surface area (Å²) in [6.45, 7) is 2.91. The Kier molecular flexibility index (Phi) is 5.03. The Hall–Kier alpha value is -0.580. The first-order chi connectivity index (χ1) is 8.69. The first kappa shape index (κ1) is 13.8. The third-order valence-corrected chi connectivity index (χ3v) is 3.79. The number of hydrogen-bond acceptors (Lipinski definition) is 2. The SMILES string of the molecule is CCC(NCc1ccc(Br)o1)c1ccc(Br)cc1. The monoisotopic (exact) mass is 371 g/mol. The van der Waals surface area contributed by atoms with E-state index < -0.39 is 0 Å². The van der Waals surface area contributed by atoms with Crippen LogP contribution in [0, 0.1) is 0 Å². The molecule has 0 saturated carbocycles. The van der Waals surface area contributed by atoms with Crippen LogP contribution in [0.3, 0.4) is 0 Å². The lowest BCUT2D eigenvalue weighted by molar-refractivity contribution is 0.433. The molecule has 1 aromatic carbocycles. The minimum absolute atomic E-state index is 0.349. The molecule has 18 heavy (non-hydrogen) atoms. The molecule has 0 aliphatic rings. The molecular weight excluding hydrogens is 358 g/mol. The Labute approximate surface area is 124 Å². The van der Waals surface area contributed by atoms with Gasteiger partial charge in [-0.1, -0.05) is 35.0 Å². The number of halogens is 2. The average molecular weight is 373 g/mol. The zero-order valence-electron chi connectivity index (χ0n) is 10.1. The Morgan fingerprint density at radius 1 is 1.11 bits per heavy atom. The van der Waals surface area contributed by atoms with Gasteiger partial charge in [0.1, 0.15) is 5.76 Å². The second-order valence-corrected chi connectivity index (χ2v) is 5.80. The van der Waals surface area contributed by atoms with E-state index in [0.29, 0.717) is 6.04 Å². The minimum Gasteiger partial charge on any atom is -0.453 e. The van der Waals surface area contributed by atoms with E-state index in [1.807, 2.05) is 12.1 Å². The average Bonchev–Trinajstić information content (AvgIpc) is 2.78. The van der Waals surface area contributed by atoms with E-state index >= 15 is 0 Å². The summed E-state index contributed by atoms with van der Waals surface area (Å²) in [7, 11) is 0.